The van der Waals surface area contributed by atoms with Crippen LogP contribution in [0.5, 0.6) is 0 Å². The predicted octanol–water partition coefficient (Wildman–Crippen LogP) is 8.10. The molecule has 0 radical (unpaired) electrons. The van der Waals surface area contributed by atoms with Gasteiger partial charge in [0.15, 0.2) is 0 Å². The molecule has 0 aliphatic rings. The Labute approximate surface area is 252 Å². The molecule has 0 saturated carbocycles. The van der Waals surface area contributed by atoms with Crippen molar-refractivity contribution in [1.29, 1.82) is 0 Å². The van der Waals surface area contributed by atoms with E-state index in [1.807, 2.05) is 6.08 Å². The molecule has 0 aliphatic carbocycles. The van der Waals surface area contributed by atoms with Gasteiger partial charge in [0, 0.05) is 13.0 Å². The summed E-state index contributed by atoms with van der Waals surface area (Å²) in [6.07, 6.45) is 28.2. The Morgan fingerprint density at radius 3 is 1.73 bits per heavy atom. The average molecular weight is 605 g/mol. The van der Waals surface area contributed by atoms with Gasteiger partial charge >= 0.3 is 7.82 Å². The van der Waals surface area contributed by atoms with Crippen molar-refractivity contribution in [2.24, 2.45) is 5.73 Å². The van der Waals surface area contributed by atoms with Gasteiger partial charge in [-0.1, -0.05) is 142 Å². The van der Waals surface area contributed by atoms with Crippen molar-refractivity contribution >= 4 is 13.7 Å². The van der Waals surface area contributed by atoms with Crippen LogP contribution in [0.3, 0.4) is 0 Å². The molecule has 0 aromatic heterocycles. The van der Waals surface area contributed by atoms with Gasteiger partial charge in [-0.25, -0.2) is 4.57 Å². The highest BCUT2D eigenvalue weighted by molar-refractivity contribution is 7.47. The third kappa shape index (κ3) is 27.8. The quantitative estimate of drug-likeness (QED) is 0.0357. The summed E-state index contributed by atoms with van der Waals surface area (Å²) < 4.78 is 21.9. The number of phosphoric ester groups is 1. The molecule has 0 aliphatic heterocycles. The lowest BCUT2D eigenvalue weighted by Crippen LogP contribution is -2.45. The van der Waals surface area contributed by atoms with Crippen LogP contribution in [-0.4, -0.2) is 47.8 Å². The summed E-state index contributed by atoms with van der Waals surface area (Å²) in [5.41, 5.74) is 5.33. The zero-order valence-corrected chi connectivity index (χ0v) is 27.4. The van der Waals surface area contributed by atoms with Crippen molar-refractivity contribution in [3.63, 3.8) is 0 Å². The van der Waals surface area contributed by atoms with E-state index in [-0.39, 0.29) is 25.7 Å². The summed E-state index contributed by atoms with van der Waals surface area (Å²) in [6, 6.07) is -0.850. The molecule has 0 aromatic rings. The molecule has 0 fully saturated rings. The van der Waals surface area contributed by atoms with Gasteiger partial charge in [-0.05, 0) is 19.3 Å². The molecule has 0 rings (SSSR count). The van der Waals surface area contributed by atoms with Gasteiger partial charge in [0.05, 0.1) is 25.4 Å². The lowest BCUT2D eigenvalue weighted by Gasteiger charge is -2.23. The largest absolute Gasteiger partial charge is 0.472 e. The van der Waals surface area contributed by atoms with E-state index in [0.717, 1.165) is 38.5 Å². The molecule has 1 amide bonds. The first-order chi connectivity index (χ1) is 19.9. The van der Waals surface area contributed by atoms with Crippen molar-refractivity contribution < 1.29 is 28.4 Å². The summed E-state index contributed by atoms with van der Waals surface area (Å²) in [4.78, 5) is 22.4. The number of nitrogens with two attached hydrogens (primary N) is 1. The van der Waals surface area contributed by atoms with E-state index >= 15 is 0 Å². The summed E-state index contributed by atoms with van der Waals surface area (Å²) >= 11 is 0. The van der Waals surface area contributed by atoms with E-state index in [9.17, 15) is 19.4 Å². The predicted molar refractivity (Wildman–Crippen MR) is 171 cm³/mol. The summed E-state index contributed by atoms with van der Waals surface area (Å²) in [5.74, 6) is -0.198. The number of rotatable bonds is 31. The van der Waals surface area contributed by atoms with Gasteiger partial charge < -0.3 is 21.1 Å². The number of amides is 1. The number of aliphatic hydroxyl groups excluding tert-OH is 1. The number of allylic oxidation sites excluding steroid dienone is 1. The molecule has 41 heavy (non-hydrogen) atoms. The SMILES string of the molecule is CCCCCCCCCCC/C=C/C(O)C(COP(=O)(O)OCCN)NC(=O)CCCCCCCCCCCCC. The zero-order valence-electron chi connectivity index (χ0n) is 26.5. The second kappa shape index (κ2) is 29.3. The minimum atomic E-state index is -4.32. The van der Waals surface area contributed by atoms with Crippen LogP contribution < -0.4 is 11.1 Å². The van der Waals surface area contributed by atoms with E-state index in [1.54, 1.807) is 6.08 Å². The van der Waals surface area contributed by atoms with Gasteiger partial charge in [0.2, 0.25) is 5.91 Å². The van der Waals surface area contributed by atoms with Gasteiger partial charge in [-0.15, -0.1) is 0 Å². The highest BCUT2D eigenvalue weighted by Crippen LogP contribution is 2.43. The van der Waals surface area contributed by atoms with Crippen LogP contribution in [0.2, 0.25) is 0 Å². The zero-order chi connectivity index (χ0) is 30.4. The molecule has 0 spiro atoms. The Balaban J connectivity index is 4.40. The monoisotopic (exact) mass is 604 g/mol. The fourth-order valence-corrected chi connectivity index (χ4v) is 5.54. The Kier molecular flexibility index (Phi) is 28.8. The molecule has 5 N–H and O–H groups in total. The first kappa shape index (κ1) is 40.2. The van der Waals surface area contributed by atoms with Gasteiger partial charge in [0.25, 0.3) is 0 Å². The number of carbonyl (C=O) groups is 1. The summed E-state index contributed by atoms with van der Waals surface area (Å²) in [6.45, 7) is 4.09. The molecule has 0 aromatic carbocycles. The van der Waals surface area contributed by atoms with Crippen molar-refractivity contribution in [3.8, 4) is 0 Å². The first-order valence-corrected chi connectivity index (χ1v) is 18.3. The van der Waals surface area contributed by atoms with Crippen LogP contribution >= 0.6 is 7.82 Å². The summed E-state index contributed by atoms with van der Waals surface area (Å²) in [7, 11) is -4.32. The summed E-state index contributed by atoms with van der Waals surface area (Å²) in [5, 5.41) is 13.5. The number of hydrogen-bond donors (Lipinski definition) is 4. The van der Waals surface area contributed by atoms with Crippen LogP contribution in [-0.2, 0) is 18.4 Å². The first-order valence-electron chi connectivity index (χ1n) is 16.8. The number of aliphatic hydroxyl groups is 1. The molecule has 3 atom stereocenters. The molecule has 0 bridgehead atoms. The number of unbranched alkanes of at least 4 members (excludes halogenated alkanes) is 19. The molecule has 0 saturated heterocycles. The highest BCUT2D eigenvalue weighted by Gasteiger charge is 2.26. The normalized spacial score (nSPS) is 14.8. The fourth-order valence-electron chi connectivity index (χ4n) is 4.78. The maximum atomic E-state index is 12.6. The van der Waals surface area contributed by atoms with E-state index in [0.29, 0.717) is 6.42 Å². The molecule has 0 heterocycles. The van der Waals surface area contributed by atoms with Crippen LogP contribution in [0.4, 0.5) is 0 Å². The molecular weight excluding hydrogens is 539 g/mol. The Morgan fingerprint density at radius 2 is 1.24 bits per heavy atom. The Hall–Kier alpha value is -0.760. The fraction of sp³-hybridized carbons (Fsp3) is 0.906. The second-order valence-electron chi connectivity index (χ2n) is 11.4. The Morgan fingerprint density at radius 1 is 0.780 bits per heavy atom. The minimum absolute atomic E-state index is 0.0806. The lowest BCUT2D eigenvalue weighted by atomic mass is 10.0. The molecule has 8 nitrogen and oxygen atoms in total. The van der Waals surface area contributed by atoms with E-state index in [4.69, 9.17) is 14.8 Å². The third-order valence-corrected chi connectivity index (χ3v) is 8.35. The number of phosphoric acid groups is 1. The van der Waals surface area contributed by atoms with E-state index in [1.165, 1.54) is 96.3 Å². The highest BCUT2D eigenvalue weighted by atomic mass is 31.2. The van der Waals surface area contributed by atoms with Crippen molar-refractivity contribution in [2.75, 3.05) is 19.8 Å². The van der Waals surface area contributed by atoms with Crippen LogP contribution in [0.1, 0.15) is 155 Å². The number of hydrogen-bond acceptors (Lipinski definition) is 6. The van der Waals surface area contributed by atoms with Gasteiger partial charge in [-0.2, -0.15) is 0 Å². The number of nitrogens with one attached hydrogen (secondary N) is 1. The van der Waals surface area contributed by atoms with E-state index < -0.39 is 20.0 Å². The molecular formula is C32H65N2O6P. The topological polar surface area (TPSA) is 131 Å². The molecule has 3 unspecified atom stereocenters. The maximum absolute atomic E-state index is 12.6. The number of carbonyl (C=O) groups excluding carboxylic acids is 1. The standard InChI is InChI=1S/C32H65N2O6P/c1-3-5-7-9-11-13-15-17-19-21-23-25-31(35)30(29-40-41(37,38)39-28-27-33)34-32(36)26-24-22-20-18-16-14-12-10-8-6-4-2/h23,25,30-31,35H,3-22,24,26-29,33H2,1-2H3,(H,34,36)(H,37,38)/b25-23+. The van der Waals surface area contributed by atoms with Crippen LogP contribution in [0.15, 0.2) is 12.2 Å². The minimum Gasteiger partial charge on any atom is -0.387 e. The third-order valence-electron chi connectivity index (χ3n) is 7.36. The van der Waals surface area contributed by atoms with Crippen LogP contribution in [0.25, 0.3) is 0 Å². The Bertz CT molecular complexity index is 664. The van der Waals surface area contributed by atoms with Gasteiger partial charge in [0.1, 0.15) is 0 Å². The molecule has 9 heteroatoms. The smallest absolute Gasteiger partial charge is 0.387 e. The second-order valence-corrected chi connectivity index (χ2v) is 12.8. The lowest BCUT2D eigenvalue weighted by molar-refractivity contribution is -0.123. The van der Waals surface area contributed by atoms with Crippen molar-refractivity contribution in [3.05, 3.63) is 12.2 Å². The van der Waals surface area contributed by atoms with Crippen molar-refractivity contribution in [1.82, 2.24) is 5.32 Å². The van der Waals surface area contributed by atoms with Crippen molar-refractivity contribution in [2.45, 2.75) is 167 Å². The molecule has 244 valence electrons. The maximum Gasteiger partial charge on any atom is 0.472 e. The average Bonchev–Trinajstić information content (AvgIpc) is 2.95. The van der Waals surface area contributed by atoms with E-state index in [2.05, 4.69) is 19.2 Å². The van der Waals surface area contributed by atoms with Crippen LogP contribution in [0, 0.1) is 0 Å². The van der Waals surface area contributed by atoms with Gasteiger partial charge in [-0.3, -0.25) is 13.8 Å².